The largest absolute Gasteiger partial charge is 0.391 e. The Kier molecular flexibility index (Phi) is 4.78. The van der Waals surface area contributed by atoms with E-state index < -0.39 is 0 Å². The SMILES string of the molecule is OCC[N+]1(Cc2ccc(I)cc2)CCOCC1. The molecule has 4 heteroatoms. The van der Waals surface area contributed by atoms with Crippen LogP contribution in [-0.2, 0) is 11.3 Å². The Balaban J connectivity index is 2.08. The van der Waals surface area contributed by atoms with Crippen LogP contribution < -0.4 is 0 Å². The number of aliphatic hydroxyl groups excluding tert-OH is 1. The summed E-state index contributed by atoms with van der Waals surface area (Å²) in [7, 11) is 0. The van der Waals surface area contributed by atoms with Crippen molar-refractivity contribution in [2.45, 2.75) is 6.54 Å². The van der Waals surface area contributed by atoms with Gasteiger partial charge < -0.3 is 14.3 Å². The van der Waals surface area contributed by atoms with Gasteiger partial charge in [-0.25, -0.2) is 0 Å². The molecule has 1 saturated heterocycles. The zero-order valence-corrected chi connectivity index (χ0v) is 12.1. The summed E-state index contributed by atoms with van der Waals surface area (Å²) in [4.78, 5) is 0. The molecule has 0 aliphatic carbocycles. The third kappa shape index (κ3) is 3.64. The zero-order chi connectivity index (χ0) is 12.1. The summed E-state index contributed by atoms with van der Waals surface area (Å²) in [5.74, 6) is 0. The molecule has 1 N–H and O–H groups in total. The Hall–Kier alpha value is -0.170. The van der Waals surface area contributed by atoms with Crippen LogP contribution in [0.3, 0.4) is 0 Å². The van der Waals surface area contributed by atoms with E-state index in [0.717, 1.165) is 43.9 Å². The molecule has 1 fully saturated rings. The number of rotatable bonds is 4. The van der Waals surface area contributed by atoms with E-state index in [9.17, 15) is 5.11 Å². The molecule has 94 valence electrons. The van der Waals surface area contributed by atoms with Crippen LogP contribution in [-0.4, -0.2) is 49.0 Å². The predicted molar refractivity (Wildman–Crippen MR) is 75.6 cm³/mol. The molecular formula is C13H19INO2+. The highest BCUT2D eigenvalue weighted by molar-refractivity contribution is 14.1. The van der Waals surface area contributed by atoms with Crippen LogP contribution in [0.4, 0.5) is 0 Å². The normalized spacial score (nSPS) is 19.2. The molecular weight excluding hydrogens is 329 g/mol. The van der Waals surface area contributed by atoms with Crippen molar-refractivity contribution in [2.75, 3.05) is 39.5 Å². The van der Waals surface area contributed by atoms with E-state index in [1.807, 2.05) is 0 Å². The van der Waals surface area contributed by atoms with Gasteiger partial charge in [-0.3, -0.25) is 0 Å². The molecule has 0 atom stereocenters. The summed E-state index contributed by atoms with van der Waals surface area (Å²) >= 11 is 2.32. The monoisotopic (exact) mass is 348 g/mol. The summed E-state index contributed by atoms with van der Waals surface area (Å²) in [5.41, 5.74) is 1.35. The minimum atomic E-state index is 0.254. The second-order valence-electron chi connectivity index (χ2n) is 4.63. The lowest BCUT2D eigenvalue weighted by Gasteiger charge is -2.41. The number of aliphatic hydroxyl groups is 1. The molecule has 1 heterocycles. The van der Waals surface area contributed by atoms with E-state index in [1.54, 1.807) is 0 Å². The average molecular weight is 348 g/mol. The van der Waals surface area contributed by atoms with Gasteiger partial charge >= 0.3 is 0 Å². The van der Waals surface area contributed by atoms with Gasteiger partial charge in [0.25, 0.3) is 0 Å². The summed E-state index contributed by atoms with van der Waals surface area (Å²) in [6.07, 6.45) is 0. The van der Waals surface area contributed by atoms with Crippen LogP contribution in [0.2, 0.25) is 0 Å². The number of nitrogens with zero attached hydrogens (tertiary/aromatic N) is 1. The first-order valence-electron chi connectivity index (χ1n) is 6.02. The third-order valence-electron chi connectivity index (χ3n) is 3.43. The van der Waals surface area contributed by atoms with Gasteiger partial charge in [0.1, 0.15) is 26.2 Å². The topological polar surface area (TPSA) is 29.5 Å². The number of benzene rings is 1. The number of hydrogen-bond acceptors (Lipinski definition) is 2. The molecule has 0 spiro atoms. The van der Waals surface area contributed by atoms with Crippen LogP contribution in [0.15, 0.2) is 24.3 Å². The van der Waals surface area contributed by atoms with E-state index in [0.29, 0.717) is 0 Å². The molecule has 17 heavy (non-hydrogen) atoms. The molecule has 1 aromatic rings. The van der Waals surface area contributed by atoms with Crippen LogP contribution in [0.1, 0.15) is 5.56 Å². The second-order valence-corrected chi connectivity index (χ2v) is 5.88. The van der Waals surface area contributed by atoms with Gasteiger partial charge in [-0.05, 0) is 34.7 Å². The highest BCUT2D eigenvalue weighted by Gasteiger charge is 2.29. The van der Waals surface area contributed by atoms with Gasteiger partial charge in [0.2, 0.25) is 0 Å². The van der Waals surface area contributed by atoms with Crippen molar-refractivity contribution in [3.8, 4) is 0 Å². The molecule has 0 bridgehead atoms. The number of ether oxygens (including phenoxy) is 1. The summed E-state index contributed by atoms with van der Waals surface area (Å²) in [5, 5.41) is 9.25. The molecule has 1 aromatic carbocycles. The van der Waals surface area contributed by atoms with E-state index in [4.69, 9.17) is 4.74 Å². The Morgan fingerprint density at radius 3 is 2.41 bits per heavy atom. The van der Waals surface area contributed by atoms with Crippen molar-refractivity contribution in [3.05, 3.63) is 33.4 Å². The molecule has 0 saturated carbocycles. The lowest BCUT2D eigenvalue weighted by molar-refractivity contribution is -0.947. The first-order valence-corrected chi connectivity index (χ1v) is 7.10. The van der Waals surface area contributed by atoms with Gasteiger partial charge in [0.05, 0.1) is 19.8 Å². The van der Waals surface area contributed by atoms with E-state index >= 15 is 0 Å². The minimum Gasteiger partial charge on any atom is -0.391 e. The Morgan fingerprint density at radius 1 is 1.18 bits per heavy atom. The first kappa shape index (κ1) is 13.3. The van der Waals surface area contributed by atoms with Crippen molar-refractivity contribution in [3.63, 3.8) is 0 Å². The molecule has 0 aromatic heterocycles. The maximum atomic E-state index is 9.25. The number of quaternary nitrogens is 1. The van der Waals surface area contributed by atoms with Crippen molar-refractivity contribution >= 4 is 22.6 Å². The quantitative estimate of drug-likeness (QED) is 0.662. The van der Waals surface area contributed by atoms with Crippen molar-refractivity contribution in [1.29, 1.82) is 0 Å². The maximum Gasteiger partial charge on any atom is 0.105 e. The fraction of sp³-hybridized carbons (Fsp3) is 0.538. The predicted octanol–water partition coefficient (Wildman–Crippen LogP) is 1.63. The molecule has 0 amide bonds. The summed E-state index contributed by atoms with van der Waals surface area (Å²) in [6, 6.07) is 8.67. The first-order chi connectivity index (χ1) is 8.24. The number of halogens is 1. The molecule has 2 rings (SSSR count). The molecule has 3 nitrogen and oxygen atoms in total. The number of hydrogen-bond donors (Lipinski definition) is 1. The Labute approximate surface area is 116 Å². The fourth-order valence-electron chi connectivity index (χ4n) is 2.38. The maximum absolute atomic E-state index is 9.25. The van der Waals surface area contributed by atoms with Gasteiger partial charge in [0, 0.05) is 9.13 Å². The lowest BCUT2D eigenvalue weighted by Crippen LogP contribution is -2.55. The lowest BCUT2D eigenvalue weighted by atomic mass is 10.1. The highest BCUT2D eigenvalue weighted by atomic mass is 127. The zero-order valence-electron chi connectivity index (χ0n) is 9.94. The Morgan fingerprint density at radius 2 is 1.82 bits per heavy atom. The van der Waals surface area contributed by atoms with Crippen LogP contribution in [0.5, 0.6) is 0 Å². The molecule has 0 radical (unpaired) electrons. The van der Waals surface area contributed by atoms with Crippen LogP contribution in [0, 0.1) is 3.57 Å². The summed E-state index contributed by atoms with van der Waals surface area (Å²) in [6.45, 7) is 5.72. The number of morpholine rings is 1. The standard InChI is InChI=1S/C13H19INO2/c14-13-3-1-12(2-4-13)11-15(5-8-16)6-9-17-10-7-15/h1-4,16H,5-11H2/q+1. The minimum absolute atomic E-state index is 0.254. The van der Waals surface area contributed by atoms with E-state index in [-0.39, 0.29) is 6.61 Å². The van der Waals surface area contributed by atoms with E-state index in [2.05, 4.69) is 46.9 Å². The average Bonchev–Trinajstić information content (AvgIpc) is 2.34. The van der Waals surface area contributed by atoms with Gasteiger partial charge in [-0.2, -0.15) is 0 Å². The smallest absolute Gasteiger partial charge is 0.105 e. The molecule has 1 aliphatic rings. The fourth-order valence-corrected chi connectivity index (χ4v) is 2.74. The Bertz CT molecular complexity index is 341. The van der Waals surface area contributed by atoms with Crippen LogP contribution in [0.25, 0.3) is 0 Å². The molecule has 0 unspecified atom stereocenters. The highest BCUT2D eigenvalue weighted by Crippen LogP contribution is 2.18. The van der Waals surface area contributed by atoms with Gasteiger partial charge in [-0.1, -0.05) is 12.1 Å². The van der Waals surface area contributed by atoms with E-state index in [1.165, 1.54) is 9.13 Å². The second kappa shape index (κ2) is 6.13. The third-order valence-corrected chi connectivity index (χ3v) is 4.14. The van der Waals surface area contributed by atoms with Crippen LogP contribution >= 0.6 is 22.6 Å². The van der Waals surface area contributed by atoms with Gasteiger partial charge in [-0.15, -0.1) is 0 Å². The van der Waals surface area contributed by atoms with Gasteiger partial charge in [0.15, 0.2) is 0 Å². The van der Waals surface area contributed by atoms with Crippen molar-refractivity contribution < 1.29 is 14.3 Å². The van der Waals surface area contributed by atoms with Crippen molar-refractivity contribution in [2.24, 2.45) is 0 Å². The summed E-state index contributed by atoms with van der Waals surface area (Å²) < 4.78 is 7.65. The molecule has 1 aliphatic heterocycles. The van der Waals surface area contributed by atoms with Crippen molar-refractivity contribution in [1.82, 2.24) is 0 Å².